The van der Waals surface area contributed by atoms with Gasteiger partial charge in [-0.2, -0.15) is 11.8 Å². The van der Waals surface area contributed by atoms with E-state index < -0.39 is 0 Å². The minimum Gasteiger partial charge on any atom is -0.382 e. The van der Waals surface area contributed by atoms with Gasteiger partial charge in [0.1, 0.15) is 10.7 Å². The van der Waals surface area contributed by atoms with E-state index in [0.717, 1.165) is 24.6 Å². The van der Waals surface area contributed by atoms with Crippen molar-refractivity contribution >= 4 is 40.0 Å². The summed E-state index contributed by atoms with van der Waals surface area (Å²) in [5.74, 6) is 2.34. The lowest BCUT2D eigenvalue weighted by atomic mass is 10.1. The minimum absolute atomic E-state index is 0.0114. The van der Waals surface area contributed by atoms with Crippen LogP contribution in [0.25, 0.3) is 0 Å². The average Bonchev–Trinajstić information content (AvgIpc) is 2.68. The Labute approximate surface area is 122 Å². The fraction of sp³-hybridized carbons (Fsp3) is 0.667. The Hall–Kier alpha value is -0.950. The lowest BCUT2D eigenvalue weighted by Crippen LogP contribution is -2.37. The standard InChI is InChI=1S/C12H20N4OS2/c1-12(2,3)15-11-14-9(13)8(19-11)10(17)16-4-6-18-7-5-16/h4-7,13H2,1-3H3,(H,14,15). The topological polar surface area (TPSA) is 71.2 Å². The van der Waals surface area contributed by atoms with Crippen molar-refractivity contribution in [2.75, 3.05) is 35.6 Å². The molecule has 106 valence electrons. The van der Waals surface area contributed by atoms with E-state index in [1.165, 1.54) is 11.3 Å². The zero-order chi connectivity index (χ0) is 14.0. The molecule has 0 spiro atoms. The zero-order valence-corrected chi connectivity index (χ0v) is 13.2. The zero-order valence-electron chi connectivity index (χ0n) is 11.5. The number of thioether (sulfide) groups is 1. The number of nitrogens with two attached hydrogens (primary N) is 1. The van der Waals surface area contributed by atoms with Gasteiger partial charge in [-0.3, -0.25) is 4.79 Å². The minimum atomic E-state index is -0.0909. The van der Waals surface area contributed by atoms with Crippen LogP contribution >= 0.6 is 23.1 Å². The van der Waals surface area contributed by atoms with E-state index in [1.54, 1.807) is 0 Å². The van der Waals surface area contributed by atoms with Gasteiger partial charge in [-0.1, -0.05) is 11.3 Å². The monoisotopic (exact) mass is 300 g/mol. The van der Waals surface area contributed by atoms with Gasteiger partial charge in [0.15, 0.2) is 5.13 Å². The quantitative estimate of drug-likeness (QED) is 0.875. The maximum atomic E-state index is 12.4. The third kappa shape index (κ3) is 3.76. The van der Waals surface area contributed by atoms with E-state index in [4.69, 9.17) is 5.73 Å². The van der Waals surface area contributed by atoms with Crippen molar-refractivity contribution in [3.63, 3.8) is 0 Å². The second-order valence-corrected chi connectivity index (χ2v) is 7.74. The summed E-state index contributed by atoms with van der Waals surface area (Å²) in [7, 11) is 0. The van der Waals surface area contributed by atoms with Crippen LogP contribution in [0.4, 0.5) is 10.9 Å². The molecule has 2 heterocycles. The van der Waals surface area contributed by atoms with Gasteiger partial charge in [0.2, 0.25) is 0 Å². The smallest absolute Gasteiger partial charge is 0.267 e. The second kappa shape index (κ2) is 5.58. The van der Waals surface area contributed by atoms with E-state index in [9.17, 15) is 4.79 Å². The van der Waals surface area contributed by atoms with Crippen LogP contribution in [0.1, 0.15) is 30.4 Å². The first kappa shape index (κ1) is 14.5. The average molecular weight is 300 g/mol. The van der Waals surface area contributed by atoms with Gasteiger partial charge >= 0.3 is 0 Å². The summed E-state index contributed by atoms with van der Waals surface area (Å²) in [6, 6.07) is 0. The van der Waals surface area contributed by atoms with Gasteiger partial charge < -0.3 is 16.0 Å². The molecule has 1 saturated heterocycles. The normalized spacial score (nSPS) is 16.5. The molecule has 1 aromatic heterocycles. The van der Waals surface area contributed by atoms with Crippen LogP contribution in [0, 0.1) is 0 Å². The molecule has 1 aliphatic heterocycles. The van der Waals surface area contributed by atoms with Crippen LogP contribution in [-0.4, -0.2) is 45.9 Å². The van der Waals surface area contributed by atoms with Crippen molar-refractivity contribution in [2.24, 2.45) is 0 Å². The number of rotatable bonds is 2. The van der Waals surface area contributed by atoms with E-state index in [-0.39, 0.29) is 11.4 Å². The molecule has 0 unspecified atom stereocenters. The number of carbonyl (C=O) groups is 1. The summed E-state index contributed by atoms with van der Waals surface area (Å²) in [6.45, 7) is 7.74. The third-order valence-corrected chi connectivity index (χ3v) is 4.54. The van der Waals surface area contributed by atoms with Crippen LogP contribution in [-0.2, 0) is 0 Å². The predicted octanol–water partition coefficient (Wildman–Crippen LogP) is 2.12. The predicted molar refractivity (Wildman–Crippen MR) is 83.1 cm³/mol. The first-order valence-corrected chi connectivity index (χ1v) is 8.25. The molecule has 0 bridgehead atoms. The molecule has 2 rings (SSSR count). The van der Waals surface area contributed by atoms with Crippen LogP contribution in [0.15, 0.2) is 0 Å². The van der Waals surface area contributed by atoms with Gasteiger partial charge in [-0.05, 0) is 20.8 Å². The SMILES string of the molecule is CC(C)(C)Nc1nc(N)c(C(=O)N2CCSCC2)s1. The number of nitrogen functional groups attached to an aromatic ring is 1. The fourth-order valence-electron chi connectivity index (χ4n) is 1.77. The van der Waals surface area contributed by atoms with Crippen molar-refractivity contribution in [2.45, 2.75) is 26.3 Å². The summed E-state index contributed by atoms with van der Waals surface area (Å²) >= 11 is 3.22. The van der Waals surface area contributed by atoms with Gasteiger partial charge in [0.05, 0.1) is 0 Å². The van der Waals surface area contributed by atoms with E-state index in [1.807, 2.05) is 37.4 Å². The van der Waals surface area contributed by atoms with Gasteiger partial charge in [0, 0.05) is 30.1 Å². The number of thiazole rings is 1. The molecule has 5 nitrogen and oxygen atoms in total. The van der Waals surface area contributed by atoms with E-state index >= 15 is 0 Å². The molecule has 0 atom stereocenters. The molecular formula is C12H20N4OS2. The van der Waals surface area contributed by atoms with Crippen molar-refractivity contribution in [1.29, 1.82) is 0 Å². The maximum absolute atomic E-state index is 12.4. The number of amides is 1. The van der Waals surface area contributed by atoms with Gasteiger partial charge in [0.25, 0.3) is 5.91 Å². The highest BCUT2D eigenvalue weighted by molar-refractivity contribution is 7.99. The molecule has 3 N–H and O–H groups in total. The molecule has 1 aliphatic rings. The van der Waals surface area contributed by atoms with Crippen molar-refractivity contribution < 1.29 is 4.79 Å². The molecule has 1 amide bonds. The Bertz CT molecular complexity index is 461. The highest BCUT2D eigenvalue weighted by Gasteiger charge is 2.24. The number of hydrogen-bond donors (Lipinski definition) is 2. The molecule has 7 heteroatoms. The molecular weight excluding hydrogens is 280 g/mol. The summed E-state index contributed by atoms with van der Waals surface area (Å²) in [4.78, 5) is 19.0. The van der Waals surface area contributed by atoms with E-state index in [0.29, 0.717) is 15.8 Å². The molecule has 0 aromatic carbocycles. The Balaban J connectivity index is 2.13. The van der Waals surface area contributed by atoms with Crippen molar-refractivity contribution in [3.05, 3.63) is 4.88 Å². The molecule has 0 aliphatic carbocycles. The molecule has 1 fully saturated rings. The van der Waals surface area contributed by atoms with Crippen molar-refractivity contribution in [3.8, 4) is 0 Å². The van der Waals surface area contributed by atoms with Crippen LogP contribution in [0.5, 0.6) is 0 Å². The highest BCUT2D eigenvalue weighted by Crippen LogP contribution is 2.29. The summed E-state index contributed by atoms with van der Waals surface area (Å²) in [6.07, 6.45) is 0. The van der Waals surface area contributed by atoms with Gasteiger partial charge in [-0.15, -0.1) is 0 Å². The molecule has 19 heavy (non-hydrogen) atoms. The third-order valence-electron chi connectivity index (χ3n) is 2.63. The Morgan fingerprint density at radius 1 is 1.37 bits per heavy atom. The number of hydrogen-bond acceptors (Lipinski definition) is 6. The lowest BCUT2D eigenvalue weighted by molar-refractivity contribution is 0.0778. The number of aromatic nitrogens is 1. The summed E-state index contributed by atoms with van der Waals surface area (Å²) in [5, 5.41) is 3.96. The van der Waals surface area contributed by atoms with Crippen LogP contribution in [0.3, 0.4) is 0 Å². The lowest BCUT2D eigenvalue weighted by Gasteiger charge is -2.25. The second-order valence-electron chi connectivity index (χ2n) is 5.51. The van der Waals surface area contributed by atoms with E-state index in [2.05, 4.69) is 10.3 Å². The molecule has 0 saturated carbocycles. The number of carbonyl (C=O) groups excluding carboxylic acids is 1. The molecule has 1 aromatic rings. The number of anilines is 2. The first-order valence-electron chi connectivity index (χ1n) is 6.28. The number of nitrogens with zero attached hydrogens (tertiary/aromatic N) is 2. The highest BCUT2D eigenvalue weighted by atomic mass is 32.2. The van der Waals surface area contributed by atoms with Gasteiger partial charge in [-0.25, -0.2) is 4.98 Å². The largest absolute Gasteiger partial charge is 0.382 e. The summed E-state index contributed by atoms with van der Waals surface area (Å²) in [5.41, 5.74) is 5.78. The Morgan fingerprint density at radius 2 is 2.00 bits per heavy atom. The Morgan fingerprint density at radius 3 is 2.58 bits per heavy atom. The van der Waals surface area contributed by atoms with Crippen LogP contribution < -0.4 is 11.1 Å². The number of nitrogens with one attached hydrogen (secondary N) is 1. The molecule has 0 radical (unpaired) electrons. The Kier molecular flexibility index (Phi) is 4.25. The maximum Gasteiger partial charge on any atom is 0.267 e. The fourth-order valence-corrected chi connectivity index (χ4v) is 3.73. The van der Waals surface area contributed by atoms with Crippen molar-refractivity contribution in [1.82, 2.24) is 9.88 Å². The summed E-state index contributed by atoms with van der Waals surface area (Å²) < 4.78 is 0. The van der Waals surface area contributed by atoms with Crippen LogP contribution in [0.2, 0.25) is 0 Å². The first-order chi connectivity index (χ1) is 8.87.